The number of carbonyl (C=O) groups excluding carboxylic acids is 1. The molecule has 0 radical (unpaired) electrons. The molecule has 0 atom stereocenters. The quantitative estimate of drug-likeness (QED) is 0.525. The summed E-state index contributed by atoms with van der Waals surface area (Å²) in [4.78, 5) is 37.5. The van der Waals surface area contributed by atoms with Gasteiger partial charge >= 0.3 is 11.9 Å². The number of nitrogens with one attached hydrogen (secondary N) is 1. The van der Waals surface area contributed by atoms with Crippen LogP contribution in [0.2, 0.25) is 0 Å². The summed E-state index contributed by atoms with van der Waals surface area (Å²) in [6, 6.07) is 5.53. The Morgan fingerprint density at radius 3 is 2.22 bits per heavy atom. The van der Waals surface area contributed by atoms with Crippen LogP contribution in [0.3, 0.4) is 0 Å². The van der Waals surface area contributed by atoms with Crippen LogP contribution in [0.1, 0.15) is 31.2 Å². The maximum Gasteiger partial charge on any atom is 0.354 e. The van der Waals surface area contributed by atoms with Crippen LogP contribution in [-0.2, 0) is 0 Å². The Bertz CT molecular complexity index is 817. The molecule has 1 amide bonds. The number of phenolic OH excluding ortho intramolecular Hbond substituents is 1. The molecule has 0 saturated carbocycles. The van der Waals surface area contributed by atoms with Crippen LogP contribution in [0.15, 0.2) is 30.3 Å². The molecule has 0 saturated heterocycles. The topological polar surface area (TPSA) is 157 Å². The normalized spacial score (nSPS) is 10.1. The second-order valence-corrected chi connectivity index (χ2v) is 4.36. The molecule has 5 N–H and O–H groups in total. The lowest BCUT2D eigenvalue weighted by Gasteiger charge is -2.09. The van der Waals surface area contributed by atoms with Gasteiger partial charge in [0, 0.05) is 0 Å². The molecule has 0 spiro atoms. The smallest absolute Gasteiger partial charge is 0.354 e. The van der Waals surface area contributed by atoms with Crippen molar-refractivity contribution in [2.75, 3.05) is 5.32 Å². The first-order chi connectivity index (χ1) is 10.8. The highest BCUT2D eigenvalue weighted by Gasteiger charge is 2.21. The standard InChI is InChI=1S/C14H10N2O7/c17-6-4-7(11(18)8(5-6)13(20)21)12(19)16-10-3-1-2-9(15-10)14(22)23/h1-5,17-18H,(H,20,21)(H,22,23)(H,15,16,19). The van der Waals surface area contributed by atoms with Crippen LogP contribution < -0.4 is 5.32 Å². The van der Waals surface area contributed by atoms with Crippen molar-refractivity contribution >= 4 is 23.7 Å². The molecule has 1 aromatic carbocycles. The van der Waals surface area contributed by atoms with E-state index in [-0.39, 0.29) is 11.5 Å². The van der Waals surface area contributed by atoms with E-state index in [1.807, 2.05) is 0 Å². The molecular formula is C14H10N2O7. The average Bonchev–Trinajstić information content (AvgIpc) is 2.49. The zero-order valence-electron chi connectivity index (χ0n) is 11.3. The summed E-state index contributed by atoms with van der Waals surface area (Å²) < 4.78 is 0. The summed E-state index contributed by atoms with van der Waals surface area (Å²) in [6.45, 7) is 0. The Labute approximate surface area is 128 Å². The van der Waals surface area contributed by atoms with Gasteiger partial charge in [-0.25, -0.2) is 14.6 Å². The van der Waals surface area contributed by atoms with Gasteiger partial charge in [-0.2, -0.15) is 0 Å². The molecule has 118 valence electrons. The molecule has 9 nitrogen and oxygen atoms in total. The van der Waals surface area contributed by atoms with E-state index >= 15 is 0 Å². The number of hydrogen-bond acceptors (Lipinski definition) is 6. The number of benzene rings is 1. The summed E-state index contributed by atoms with van der Waals surface area (Å²) in [5.41, 5.74) is -1.46. The highest BCUT2D eigenvalue weighted by molar-refractivity contribution is 6.08. The molecule has 9 heteroatoms. The van der Waals surface area contributed by atoms with Crippen molar-refractivity contribution in [2.45, 2.75) is 0 Å². The van der Waals surface area contributed by atoms with Gasteiger partial charge in [0.05, 0.1) is 5.56 Å². The largest absolute Gasteiger partial charge is 0.508 e. The predicted octanol–water partition coefficient (Wildman–Crippen LogP) is 1.14. The number of carbonyl (C=O) groups is 3. The third kappa shape index (κ3) is 3.35. The van der Waals surface area contributed by atoms with Gasteiger partial charge in [0.2, 0.25) is 0 Å². The summed E-state index contributed by atoms with van der Waals surface area (Å²) in [5.74, 6) is -5.27. The third-order valence-electron chi connectivity index (χ3n) is 2.78. The number of hydrogen-bond donors (Lipinski definition) is 5. The average molecular weight is 318 g/mol. The Morgan fingerprint density at radius 2 is 1.61 bits per heavy atom. The van der Waals surface area contributed by atoms with Gasteiger partial charge in [-0.05, 0) is 24.3 Å². The fourth-order valence-electron chi connectivity index (χ4n) is 1.76. The zero-order valence-corrected chi connectivity index (χ0v) is 11.3. The fourth-order valence-corrected chi connectivity index (χ4v) is 1.76. The monoisotopic (exact) mass is 318 g/mol. The van der Waals surface area contributed by atoms with E-state index in [9.17, 15) is 24.6 Å². The molecule has 0 unspecified atom stereocenters. The molecule has 0 bridgehead atoms. The number of rotatable bonds is 4. The lowest BCUT2D eigenvalue weighted by Crippen LogP contribution is -2.15. The number of pyridine rings is 1. The number of aromatic hydroxyl groups is 2. The Hall–Kier alpha value is -3.62. The lowest BCUT2D eigenvalue weighted by molar-refractivity contribution is 0.0680. The van der Waals surface area contributed by atoms with Crippen molar-refractivity contribution in [1.29, 1.82) is 0 Å². The van der Waals surface area contributed by atoms with Gasteiger partial charge in [0.15, 0.2) is 5.69 Å². The molecule has 2 aromatic rings. The molecule has 23 heavy (non-hydrogen) atoms. The predicted molar refractivity (Wildman–Crippen MR) is 75.9 cm³/mol. The summed E-state index contributed by atoms with van der Waals surface area (Å²) in [5, 5.41) is 39.2. The maximum atomic E-state index is 12.1. The van der Waals surface area contributed by atoms with Gasteiger partial charge in [0.1, 0.15) is 22.9 Å². The Balaban J connectivity index is 2.36. The number of carboxylic acids is 2. The van der Waals surface area contributed by atoms with E-state index < -0.39 is 40.5 Å². The number of nitrogens with zero attached hydrogens (tertiary/aromatic N) is 1. The van der Waals surface area contributed by atoms with Gasteiger partial charge in [-0.1, -0.05) is 6.07 Å². The SMILES string of the molecule is O=C(O)c1cccc(NC(=O)c2cc(O)cc(C(=O)O)c2O)n1. The minimum Gasteiger partial charge on any atom is -0.508 e. The number of phenols is 2. The second kappa shape index (κ2) is 6.02. The van der Waals surface area contributed by atoms with Crippen molar-refractivity contribution in [3.63, 3.8) is 0 Å². The van der Waals surface area contributed by atoms with Crippen LogP contribution in [0.4, 0.5) is 5.82 Å². The molecule has 2 rings (SSSR count). The van der Waals surface area contributed by atoms with Gasteiger partial charge in [-0.3, -0.25) is 4.79 Å². The van der Waals surface area contributed by atoms with E-state index in [1.165, 1.54) is 18.2 Å². The van der Waals surface area contributed by atoms with Crippen LogP contribution in [0.5, 0.6) is 11.5 Å². The number of aromatic carboxylic acids is 2. The van der Waals surface area contributed by atoms with Gasteiger partial charge in [-0.15, -0.1) is 0 Å². The van der Waals surface area contributed by atoms with Crippen LogP contribution in [0, 0.1) is 0 Å². The van der Waals surface area contributed by atoms with Crippen LogP contribution in [0.25, 0.3) is 0 Å². The van der Waals surface area contributed by atoms with Crippen molar-refractivity contribution in [3.8, 4) is 11.5 Å². The minimum atomic E-state index is -1.53. The number of aromatic nitrogens is 1. The highest BCUT2D eigenvalue weighted by Crippen LogP contribution is 2.28. The molecule has 0 aliphatic carbocycles. The van der Waals surface area contributed by atoms with Crippen molar-refractivity contribution in [1.82, 2.24) is 4.98 Å². The Morgan fingerprint density at radius 1 is 0.957 bits per heavy atom. The molecule has 1 heterocycles. The fraction of sp³-hybridized carbons (Fsp3) is 0. The number of amides is 1. The van der Waals surface area contributed by atoms with Gasteiger partial charge < -0.3 is 25.7 Å². The van der Waals surface area contributed by atoms with E-state index in [1.54, 1.807) is 0 Å². The zero-order chi connectivity index (χ0) is 17.1. The van der Waals surface area contributed by atoms with Gasteiger partial charge in [0.25, 0.3) is 5.91 Å². The first kappa shape index (κ1) is 15.8. The summed E-state index contributed by atoms with van der Waals surface area (Å²) in [7, 11) is 0. The first-order valence-corrected chi connectivity index (χ1v) is 6.10. The van der Waals surface area contributed by atoms with E-state index in [0.29, 0.717) is 0 Å². The molecular weight excluding hydrogens is 308 g/mol. The molecule has 0 aliphatic rings. The Kier molecular flexibility index (Phi) is 4.12. The number of anilines is 1. The lowest BCUT2D eigenvalue weighted by atomic mass is 10.1. The van der Waals surface area contributed by atoms with E-state index in [2.05, 4.69) is 10.3 Å². The van der Waals surface area contributed by atoms with Crippen molar-refractivity contribution in [3.05, 3.63) is 47.2 Å². The highest BCUT2D eigenvalue weighted by atomic mass is 16.4. The number of carboxylic acid groups (broad SMARTS) is 2. The second-order valence-electron chi connectivity index (χ2n) is 4.36. The van der Waals surface area contributed by atoms with Crippen molar-refractivity contribution in [2.24, 2.45) is 0 Å². The van der Waals surface area contributed by atoms with E-state index in [0.717, 1.165) is 12.1 Å². The maximum absolute atomic E-state index is 12.1. The third-order valence-corrected chi connectivity index (χ3v) is 2.78. The first-order valence-electron chi connectivity index (χ1n) is 6.10. The summed E-state index contributed by atoms with van der Waals surface area (Å²) in [6.07, 6.45) is 0. The molecule has 1 aromatic heterocycles. The minimum absolute atomic E-state index is 0.116. The molecule has 0 fully saturated rings. The summed E-state index contributed by atoms with van der Waals surface area (Å²) >= 11 is 0. The van der Waals surface area contributed by atoms with E-state index in [4.69, 9.17) is 10.2 Å². The molecule has 0 aliphatic heterocycles. The van der Waals surface area contributed by atoms with Crippen LogP contribution >= 0.6 is 0 Å². The van der Waals surface area contributed by atoms with Crippen LogP contribution in [-0.4, -0.2) is 43.3 Å². The van der Waals surface area contributed by atoms with Crippen molar-refractivity contribution < 1.29 is 34.8 Å².